The second kappa shape index (κ2) is 4.91. The van der Waals surface area contributed by atoms with Gasteiger partial charge in [0.15, 0.2) is 0 Å². The Morgan fingerprint density at radius 1 is 1.32 bits per heavy atom. The van der Waals surface area contributed by atoms with Crippen LogP contribution >= 0.6 is 0 Å². The van der Waals surface area contributed by atoms with E-state index in [0.717, 1.165) is 28.4 Å². The molecule has 4 rings (SSSR count). The molecule has 3 heterocycles. The molecule has 2 aliphatic rings. The molecule has 110 valence electrons. The van der Waals surface area contributed by atoms with E-state index in [9.17, 15) is 4.79 Å². The zero-order valence-corrected chi connectivity index (χ0v) is 12.2. The number of hydrogen-bond acceptors (Lipinski definition) is 4. The second-order valence-electron chi connectivity index (χ2n) is 5.24. The molecule has 22 heavy (non-hydrogen) atoms. The summed E-state index contributed by atoms with van der Waals surface area (Å²) in [5.41, 5.74) is 2.56. The Labute approximate surface area is 127 Å². The maximum absolute atomic E-state index is 11.9. The maximum atomic E-state index is 11.9. The monoisotopic (exact) mass is 293 g/mol. The molecule has 2 aliphatic heterocycles. The van der Waals surface area contributed by atoms with E-state index in [4.69, 9.17) is 9.15 Å². The molecule has 1 aromatic heterocycles. The first-order chi connectivity index (χ1) is 10.8. The fourth-order valence-electron chi connectivity index (χ4n) is 2.97. The van der Waals surface area contributed by atoms with E-state index in [-0.39, 0.29) is 5.97 Å². The van der Waals surface area contributed by atoms with Crippen molar-refractivity contribution < 1.29 is 13.9 Å². The third-order valence-corrected chi connectivity index (χ3v) is 3.98. The molecule has 0 N–H and O–H groups in total. The van der Waals surface area contributed by atoms with Gasteiger partial charge in [0, 0.05) is 29.0 Å². The number of furan rings is 1. The lowest BCUT2D eigenvalue weighted by Crippen LogP contribution is -2.38. The summed E-state index contributed by atoms with van der Waals surface area (Å²) in [5, 5.41) is 3.46. The SMILES string of the molecule is CCOC(=O)C1=CN2CC=c3c(ccc4occc34)=C2C=C1. The van der Waals surface area contributed by atoms with Gasteiger partial charge < -0.3 is 14.1 Å². The van der Waals surface area contributed by atoms with Crippen molar-refractivity contribution >= 4 is 28.7 Å². The average molecular weight is 293 g/mol. The fraction of sp³-hybridized carbons (Fsp3) is 0.167. The van der Waals surface area contributed by atoms with Crippen molar-refractivity contribution in [2.24, 2.45) is 0 Å². The molecule has 0 radical (unpaired) electrons. The summed E-state index contributed by atoms with van der Waals surface area (Å²) in [6, 6.07) is 6.04. The number of hydrogen-bond donors (Lipinski definition) is 0. The fourth-order valence-corrected chi connectivity index (χ4v) is 2.97. The van der Waals surface area contributed by atoms with Crippen LogP contribution in [-0.2, 0) is 9.53 Å². The van der Waals surface area contributed by atoms with Gasteiger partial charge in [-0.2, -0.15) is 0 Å². The highest BCUT2D eigenvalue weighted by Gasteiger charge is 2.19. The number of nitrogens with zero attached hydrogens (tertiary/aromatic N) is 1. The number of esters is 1. The van der Waals surface area contributed by atoms with Gasteiger partial charge in [-0.1, -0.05) is 6.08 Å². The molecule has 1 aromatic carbocycles. The summed E-state index contributed by atoms with van der Waals surface area (Å²) in [6.45, 7) is 2.91. The van der Waals surface area contributed by atoms with Crippen molar-refractivity contribution in [3.05, 3.63) is 58.8 Å². The van der Waals surface area contributed by atoms with Gasteiger partial charge in [0.25, 0.3) is 0 Å². The molecular weight excluding hydrogens is 278 g/mol. The molecular formula is C18H15NO3. The van der Waals surface area contributed by atoms with Gasteiger partial charge >= 0.3 is 5.97 Å². The van der Waals surface area contributed by atoms with Crippen molar-refractivity contribution in [2.75, 3.05) is 13.2 Å². The van der Waals surface area contributed by atoms with Gasteiger partial charge in [0.2, 0.25) is 0 Å². The van der Waals surface area contributed by atoms with Crippen LogP contribution in [0.25, 0.3) is 22.7 Å². The minimum Gasteiger partial charge on any atom is -0.464 e. The third kappa shape index (κ3) is 1.88. The van der Waals surface area contributed by atoms with Crippen LogP contribution in [0.1, 0.15) is 6.92 Å². The molecule has 0 saturated heterocycles. The summed E-state index contributed by atoms with van der Waals surface area (Å²) < 4.78 is 10.5. The minimum atomic E-state index is -0.283. The summed E-state index contributed by atoms with van der Waals surface area (Å²) in [6.07, 6.45) is 9.52. The van der Waals surface area contributed by atoms with Crippen LogP contribution in [0.4, 0.5) is 0 Å². The lowest BCUT2D eigenvalue weighted by atomic mass is 10.0. The third-order valence-electron chi connectivity index (χ3n) is 3.98. The number of rotatable bonds is 2. The van der Waals surface area contributed by atoms with E-state index >= 15 is 0 Å². The van der Waals surface area contributed by atoms with Gasteiger partial charge in [-0.05, 0) is 42.5 Å². The Morgan fingerprint density at radius 3 is 3.09 bits per heavy atom. The molecule has 0 bridgehead atoms. The van der Waals surface area contributed by atoms with Crippen molar-refractivity contribution in [3.63, 3.8) is 0 Å². The normalized spacial score (nSPS) is 16.0. The van der Waals surface area contributed by atoms with Crippen LogP contribution in [0.5, 0.6) is 0 Å². The first kappa shape index (κ1) is 13.0. The summed E-state index contributed by atoms with van der Waals surface area (Å²) in [5.74, 6) is -0.283. The summed E-state index contributed by atoms with van der Waals surface area (Å²) in [7, 11) is 0. The number of ether oxygens (including phenoxy) is 1. The molecule has 0 atom stereocenters. The topological polar surface area (TPSA) is 42.7 Å². The van der Waals surface area contributed by atoms with Crippen LogP contribution < -0.4 is 10.4 Å². The Balaban J connectivity index is 1.86. The van der Waals surface area contributed by atoms with Crippen LogP contribution in [-0.4, -0.2) is 24.0 Å². The Hall–Kier alpha value is -2.75. The average Bonchev–Trinajstić information content (AvgIpc) is 3.03. The van der Waals surface area contributed by atoms with E-state index < -0.39 is 0 Å². The number of benzene rings is 1. The first-order valence-corrected chi connectivity index (χ1v) is 7.32. The van der Waals surface area contributed by atoms with Crippen LogP contribution in [0.3, 0.4) is 0 Å². The highest BCUT2D eigenvalue weighted by atomic mass is 16.5. The molecule has 0 saturated carbocycles. The Bertz CT molecular complexity index is 946. The maximum Gasteiger partial charge on any atom is 0.339 e. The quantitative estimate of drug-likeness (QED) is 0.790. The molecule has 0 amide bonds. The lowest BCUT2D eigenvalue weighted by Gasteiger charge is -2.27. The molecule has 0 fully saturated rings. The predicted molar refractivity (Wildman–Crippen MR) is 83.9 cm³/mol. The number of carbonyl (C=O) groups excluding carboxylic acids is 1. The summed E-state index contributed by atoms with van der Waals surface area (Å²) in [4.78, 5) is 13.9. The highest BCUT2D eigenvalue weighted by Crippen LogP contribution is 2.20. The minimum absolute atomic E-state index is 0.283. The smallest absolute Gasteiger partial charge is 0.339 e. The number of fused-ring (bicyclic) bond motifs is 4. The van der Waals surface area contributed by atoms with Crippen LogP contribution in [0, 0.1) is 0 Å². The highest BCUT2D eigenvalue weighted by molar-refractivity contribution is 5.93. The molecule has 0 aliphatic carbocycles. The predicted octanol–water partition coefficient (Wildman–Crippen LogP) is 1.65. The van der Waals surface area contributed by atoms with Crippen LogP contribution in [0.15, 0.2) is 52.8 Å². The van der Waals surface area contributed by atoms with E-state index in [1.807, 2.05) is 37.4 Å². The van der Waals surface area contributed by atoms with Crippen molar-refractivity contribution in [1.82, 2.24) is 4.90 Å². The number of carbonyl (C=O) groups is 1. The summed E-state index contributed by atoms with van der Waals surface area (Å²) >= 11 is 0. The van der Waals surface area contributed by atoms with Gasteiger partial charge in [-0.25, -0.2) is 4.79 Å². The van der Waals surface area contributed by atoms with E-state index in [0.29, 0.717) is 12.2 Å². The van der Waals surface area contributed by atoms with Crippen molar-refractivity contribution in [2.45, 2.75) is 6.92 Å². The Morgan fingerprint density at radius 2 is 2.23 bits per heavy atom. The molecule has 0 unspecified atom stereocenters. The molecule has 4 heteroatoms. The Kier molecular flexibility index (Phi) is 2.89. The van der Waals surface area contributed by atoms with Crippen molar-refractivity contribution in [3.8, 4) is 0 Å². The standard InChI is InChI=1S/C18H15NO3/c1-2-21-18(20)12-3-5-16-14-4-6-17-15(8-10-22-17)13(14)7-9-19(16)11-12/h3-8,10-11H,2,9H2,1H3. The van der Waals surface area contributed by atoms with Crippen molar-refractivity contribution in [1.29, 1.82) is 0 Å². The molecule has 4 nitrogen and oxygen atoms in total. The lowest BCUT2D eigenvalue weighted by molar-refractivity contribution is -0.138. The first-order valence-electron chi connectivity index (χ1n) is 7.32. The van der Waals surface area contributed by atoms with E-state index in [2.05, 4.69) is 17.0 Å². The zero-order valence-electron chi connectivity index (χ0n) is 12.2. The van der Waals surface area contributed by atoms with E-state index in [1.54, 1.807) is 6.26 Å². The molecule has 2 aromatic rings. The second-order valence-corrected chi connectivity index (χ2v) is 5.24. The van der Waals surface area contributed by atoms with Gasteiger partial charge in [-0.3, -0.25) is 0 Å². The molecule has 0 spiro atoms. The van der Waals surface area contributed by atoms with E-state index in [1.165, 1.54) is 5.22 Å². The van der Waals surface area contributed by atoms with Gasteiger partial charge in [0.1, 0.15) is 5.58 Å². The van der Waals surface area contributed by atoms with Gasteiger partial charge in [-0.15, -0.1) is 0 Å². The largest absolute Gasteiger partial charge is 0.464 e. The zero-order chi connectivity index (χ0) is 15.1. The van der Waals surface area contributed by atoms with Crippen LogP contribution in [0.2, 0.25) is 0 Å². The van der Waals surface area contributed by atoms with Gasteiger partial charge in [0.05, 0.1) is 18.4 Å².